The summed E-state index contributed by atoms with van der Waals surface area (Å²) in [5, 5.41) is 2.99. The van der Waals surface area contributed by atoms with Gasteiger partial charge >= 0.3 is 0 Å². The largest absolute Gasteiger partial charge is 0.494 e. The number of aryl methyl sites for hydroxylation is 3. The van der Waals surface area contributed by atoms with Crippen LogP contribution in [0.5, 0.6) is 5.75 Å². The van der Waals surface area contributed by atoms with Gasteiger partial charge in [0.15, 0.2) is 37.2 Å². The number of benzene rings is 1. The van der Waals surface area contributed by atoms with Crippen LogP contribution in [0.4, 0.5) is 0 Å². The van der Waals surface area contributed by atoms with Gasteiger partial charge in [-0.25, -0.2) is 23.7 Å². The van der Waals surface area contributed by atoms with Gasteiger partial charge < -0.3 is 25.0 Å². The van der Waals surface area contributed by atoms with Crippen LogP contribution in [-0.4, -0.2) is 44.0 Å². The molecular weight excluding hydrogens is 795 g/mol. The fourth-order valence-corrected chi connectivity index (χ4v) is 8.35. The highest BCUT2D eigenvalue weighted by molar-refractivity contribution is 5.99. The number of hydrogen-bond acceptors (Lipinski definition) is 4. The van der Waals surface area contributed by atoms with E-state index in [9.17, 15) is 4.79 Å². The summed E-state index contributed by atoms with van der Waals surface area (Å²) in [6, 6.07) is 31.5. The minimum absolute atomic E-state index is 0.00401. The molecule has 8 bridgehead atoms. The van der Waals surface area contributed by atoms with E-state index in [1.807, 2.05) is 65.4 Å². The second kappa shape index (κ2) is 17.3. The zero-order valence-corrected chi connectivity index (χ0v) is 36.0. The van der Waals surface area contributed by atoms with Gasteiger partial charge in [-0.05, 0) is 101 Å². The lowest BCUT2D eigenvalue weighted by Crippen LogP contribution is -2.26. The molecule has 10 rings (SSSR count). The third-order valence-electron chi connectivity index (χ3n) is 11.6. The van der Waals surface area contributed by atoms with Gasteiger partial charge in [-0.2, -0.15) is 0 Å². The molecular formula is C53H48N9O2+3. The molecule has 1 amide bonds. The number of aromatic nitrogens is 8. The van der Waals surface area contributed by atoms with Crippen molar-refractivity contribution in [2.45, 2.75) is 12.8 Å². The molecule has 9 heterocycles. The number of carbonyl (C=O) groups excluding carboxylic acids is 1. The minimum Gasteiger partial charge on any atom is -0.494 e. The number of nitrogens with zero attached hydrogens (tertiary/aromatic N) is 5. The van der Waals surface area contributed by atoms with Gasteiger partial charge in [-0.15, -0.1) is 0 Å². The zero-order valence-electron chi connectivity index (χ0n) is 36.0. The topological polar surface area (TPSA) is 123 Å². The Balaban J connectivity index is 1.13. The lowest BCUT2D eigenvalue weighted by molar-refractivity contribution is -0.671. The van der Waals surface area contributed by atoms with Crippen LogP contribution in [0.25, 0.3) is 90.9 Å². The van der Waals surface area contributed by atoms with Crippen molar-refractivity contribution in [1.29, 1.82) is 0 Å². The van der Waals surface area contributed by atoms with Gasteiger partial charge in [-0.1, -0.05) is 12.1 Å². The van der Waals surface area contributed by atoms with E-state index in [-0.39, 0.29) is 5.91 Å². The summed E-state index contributed by atoms with van der Waals surface area (Å²) in [5.74, 6) is 0.747. The summed E-state index contributed by atoms with van der Waals surface area (Å²) < 4.78 is 12.3. The van der Waals surface area contributed by atoms with Crippen LogP contribution in [0.1, 0.15) is 34.8 Å². The Kier molecular flexibility index (Phi) is 10.8. The molecule has 64 heavy (non-hydrogen) atoms. The number of carbonyl (C=O) groups is 1. The highest BCUT2D eigenvalue weighted by Crippen LogP contribution is 2.38. The van der Waals surface area contributed by atoms with Crippen LogP contribution in [-0.2, 0) is 32.4 Å². The minimum atomic E-state index is -0.00401. The lowest BCUT2D eigenvalue weighted by Gasteiger charge is -2.09. The monoisotopic (exact) mass is 842 g/mol. The number of pyridine rings is 3. The molecule has 11 nitrogen and oxygen atoms in total. The van der Waals surface area contributed by atoms with E-state index >= 15 is 0 Å². The van der Waals surface area contributed by atoms with E-state index in [1.165, 1.54) is 0 Å². The van der Waals surface area contributed by atoms with E-state index in [2.05, 4.69) is 155 Å². The Labute approximate surface area is 370 Å². The standard InChI is InChI=1S/C53H46N9O2/c1-60-26-18-37(19-27-60)51-43-11-9-41(56-43)50(36-5-7-40(8-6-36)64-32-4-24-55-49(63)33-35-17-25-54-34-35)42-10-12-44(57-42)52(38-20-28-61(2)29-21-38)46-14-16-48(59-46)53(47-15-13-45(51)58-47)39-22-30-62(3)31-23-39/h5-23,25-31,34,54H,4,24,32-33H2,1-3H3,(H-,55,56,57,58,59,63)/q+1/p+2. The smallest absolute Gasteiger partial charge is 0.224 e. The van der Waals surface area contributed by atoms with Crippen molar-refractivity contribution in [3.8, 4) is 50.3 Å². The second-order valence-electron chi connectivity index (χ2n) is 16.2. The Bertz CT molecular complexity index is 3190. The Hall–Kier alpha value is -8.18. The van der Waals surface area contributed by atoms with Gasteiger partial charge in [0.05, 0.1) is 35.8 Å². The Morgan fingerprint density at radius 2 is 0.953 bits per heavy atom. The number of hydrogen-bond donors (Lipinski definition) is 4. The molecule has 0 aliphatic carbocycles. The van der Waals surface area contributed by atoms with Gasteiger partial charge in [0.2, 0.25) is 5.91 Å². The molecule has 2 aliphatic heterocycles. The molecule has 0 unspecified atom stereocenters. The van der Waals surface area contributed by atoms with Crippen molar-refractivity contribution in [2.24, 2.45) is 21.1 Å². The van der Waals surface area contributed by atoms with Gasteiger partial charge in [0.1, 0.15) is 26.9 Å². The lowest BCUT2D eigenvalue weighted by atomic mass is 10.0. The van der Waals surface area contributed by atoms with Crippen molar-refractivity contribution >= 4 is 52.3 Å². The molecule has 314 valence electrons. The van der Waals surface area contributed by atoms with Crippen molar-refractivity contribution < 1.29 is 23.2 Å². The second-order valence-corrected chi connectivity index (χ2v) is 16.2. The molecule has 1 aromatic carbocycles. The molecule has 0 saturated heterocycles. The number of fused-ring (bicyclic) bond motifs is 8. The fourth-order valence-electron chi connectivity index (χ4n) is 8.35. The SMILES string of the molecule is C[n+]1ccc(-c2c3nc(c(-c4cc[n+](C)cc4)c4ccc([nH]4)c(-c4cc[n+](C)cc4)c4nc(c(-c5ccc(OCCCNC(=O)Cc6cc[nH]c6)cc5)c5ccc2[nH]5)C=C4)C=C3)cc1. The van der Waals surface area contributed by atoms with Crippen LogP contribution >= 0.6 is 0 Å². The first-order chi connectivity index (χ1) is 31.3. The summed E-state index contributed by atoms with van der Waals surface area (Å²) in [6.07, 6.45) is 25.6. The first kappa shape index (κ1) is 39.9. The van der Waals surface area contributed by atoms with E-state index in [1.54, 1.807) is 0 Å². The van der Waals surface area contributed by atoms with Crippen molar-refractivity contribution in [1.82, 2.24) is 30.2 Å². The van der Waals surface area contributed by atoms with Gasteiger partial charge in [0, 0.05) is 99.7 Å². The predicted molar refractivity (Wildman–Crippen MR) is 252 cm³/mol. The van der Waals surface area contributed by atoms with Crippen molar-refractivity contribution in [3.05, 3.63) is 169 Å². The van der Waals surface area contributed by atoms with E-state index in [0.717, 1.165) is 101 Å². The number of rotatable bonds is 11. The molecule has 4 N–H and O–H groups in total. The third kappa shape index (κ3) is 8.26. The summed E-state index contributed by atoms with van der Waals surface area (Å²) in [6.45, 7) is 1.01. The normalized spacial score (nSPS) is 11.9. The van der Waals surface area contributed by atoms with Crippen LogP contribution in [0, 0.1) is 0 Å². The van der Waals surface area contributed by atoms with Gasteiger partial charge in [0.25, 0.3) is 0 Å². The van der Waals surface area contributed by atoms with Gasteiger partial charge in [-0.3, -0.25) is 4.79 Å². The van der Waals surface area contributed by atoms with Crippen LogP contribution in [0.3, 0.4) is 0 Å². The quantitative estimate of drug-likeness (QED) is 0.0774. The average molecular weight is 843 g/mol. The molecule has 0 fully saturated rings. The molecule has 8 aromatic rings. The van der Waals surface area contributed by atoms with E-state index in [4.69, 9.17) is 14.7 Å². The number of ether oxygens (including phenoxy) is 1. The molecule has 11 heteroatoms. The highest BCUT2D eigenvalue weighted by Gasteiger charge is 2.20. The molecule has 0 spiro atoms. The first-order valence-corrected chi connectivity index (χ1v) is 21.5. The fraction of sp³-hybridized carbons (Fsp3) is 0.132. The predicted octanol–water partition coefficient (Wildman–Crippen LogP) is 8.25. The Morgan fingerprint density at radius 1 is 0.547 bits per heavy atom. The zero-order chi connectivity index (χ0) is 43.6. The van der Waals surface area contributed by atoms with Crippen LogP contribution in [0.15, 0.2) is 141 Å². The number of nitrogens with one attached hydrogen (secondary N) is 4. The molecule has 0 radical (unpaired) electrons. The maximum absolute atomic E-state index is 12.3. The first-order valence-electron chi connectivity index (χ1n) is 21.5. The van der Waals surface area contributed by atoms with Crippen LogP contribution < -0.4 is 23.8 Å². The third-order valence-corrected chi connectivity index (χ3v) is 11.6. The van der Waals surface area contributed by atoms with Crippen molar-refractivity contribution in [2.75, 3.05) is 13.2 Å². The number of amides is 1. The summed E-state index contributed by atoms with van der Waals surface area (Å²) >= 11 is 0. The highest BCUT2D eigenvalue weighted by atomic mass is 16.5. The van der Waals surface area contributed by atoms with Crippen molar-refractivity contribution in [3.63, 3.8) is 0 Å². The number of aromatic amines is 3. The molecule has 0 saturated carbocycles. The maximum atomic E-state index is 12.3. The maximum Gasteiger partial charge on any atom is 0.224 e. The summed E-state index contributed by atoms with van der Waals surface area (Å²) in [4.78, 5) is 33.9. The van der Waals surface area contributed by atoms with E-state index in [0.29, 0.717) is 26.0 Å². The average Bonchev–Trinajstić information content (AvgIpc) is 4.18. The molecule has 2 aliphatic rings. The van der Waals surface area contributed by atoms with Crippen LogP contribution in [0.2, 0.25) is 0 Å². The summed E-state index contributed by atoms with van der Waals surface area (Å²) in [7, 11) is 6.08. The molecule has 0 atom stereocenters. The Morgan fingerprint density at radius 3 is 1.34 bits per heavy atom. The number of H-pyrrole nitrogens is 3. The van der Waals surface area contributed by atoms with E-state index < -0.39 is 0 Å². The molecule has 7 aromatic heterocycles. The summed E-state index contributed by atoms with van der Waals surface area (Å²) in [5.41, 5.74) is 16.2.